The molecule has 0 unspecified atom stereocenters. The van der Waals surface area contributed by atoms with Crippen molar-refractivity contribution in [1.82, 2.24) is 15.2 Å². The topological polar surface area (TPSA) is 79.0 Å². The van der Waals surface area contributed by atoms with Crippen molar-refractivity contribution in [1.29, 1.82) is 0 Å². The van der Waals surface area contributed by atoms with Crippen molar-refractivity contribution >= 4 is 17.4 Å². The van der Waals surface area contributed by atoms with Gasteiger partial charge in [0.05, 0.1) is 18.0 Å². The number of benzene rings is 3. The number of urea groups is 1. The highest BCUT2D eigenvalue weighted by Gasteiger charge is 2.17. The summed E-state index contributed by atoms with van der Waals surface area (Å²) in [5, 5.41) is 5.92. The molecule has 0 aliphatic carbocycles. The van der Waals surface area contributed by atoms with E-state index in [0.717, 1.165) is 61.7 Å². The highest BCUT2D eigenvalue weighted by Crippen LogP contribution is 2.28. The van der Waals surface area contributed by atoms with Crippen LogP contribution in [-0.2, 0) is 13.2 Å². The van der Waals surface area contributed by atoms with Crippen molar-refractivity contribution in [2.75, 3.05) is 49.5 Å². The average molecular weight is 566 g/mol. The Labute approximate surface area is 248 Å². The second kappa shape index (κ2) is 14.9. The maximum absolute atomic E-state index is 12.8. The zero-order valence-corrected chi connectivity index (χ0v) is 24.2. The number of hydrogen-bond acceptors (Lipinski definition) is 6. The first kappa shape index (κ1) is 29.0. The summed E-state index contributed by atoms with van der Waals surface area (Å²) < 4.78 is 11.9. The number of nitrogens with one attached hydrogen (secondary N) is 2. The smallest absolute Gasteiger partial charge is 0.319 e. The van der Waals surface area contributed by atoms with Gasteiger partial charge in [0, 0.05) is 51.2 Å². The van der Waals surface area contributed by atoms with Crippen molar-refractivity contribution in [2.24, 2.45) is 0 Å². The molecule has 3 aromatic carbocycles. The molecular weight excluding hydrogens is 526 g/mol. The van der Waals surface area contributed by atoms with Crippen molar-refractivity contribution < 1.29 is 14.3 Å². The van der Waals surface area contributed by atoms with E-state index in [4.69, 9.17) is 9.47 Å². The zero-order valence-electron chi connectivity index (χ0n) is 24.2. The first-order chi connectivity index (χ1) is 20.6. The number of hydrogen-bond donors (Lipinski definition) is 2. The van der Waals surface area contributed by atoms with Crippen molar-refractivity contribution in [3.63, 3.8) is 0 Å². The maximum Gasteiger partial charge on any atom is 0.319 e. The van der Waals surface area contributed by atoms with Crippen LogP contribution in [0.4, 0.5) is 16.2 Å². The predicted octanol–water partition coefficient (Wildman–Crippen LogP) is 5.88. The number of rotatable bonds is 12. The molecule has 0 radical (unpaired) electrons. The Balaban J connectivity index is 1.03. The number of amides is 2. The molecule has 1 aliphatic heterocycles. The molecule has 1 aliphatic rings. The van der Waals surface area contributed by atoms with Crippen LogP contribution in [0.25, 0.3) is 0 Å². The lowest BCUT2D eigenvalue weighted by molar-refractivity contribution is 0.225. The number of carbonyl (C=O) groups excluding carboxylic acids is 1. The lowest BCUT2D eigenvalue weighted by Crippen LogP contribution is -2.46. The summed E-state index contributed by atoms with van der Waals surface area (Å²) in [5.74, 6) is 1.44. The van der Waals surface area contributed by atoms with Crippen LogP contribution in [0.1, 0.15) is 23.2 Å². The van der Waals surface area contributed by atoms with E-state index in [9.17, 15) is 4.79 Å². The molecule has 2 amide bonds. The van der Waals surface area contributed by atoms with Crippen LogP contribution in [0.5, 0.6) is 11.5 Å². The van der Waals surface area contributed by atoms with Crippen LogP contribution < -0.4 is 25.0 Å². The van der Waals surface area contributed by atoms with E-state index in [-0.39, 0.29) is 6.03 Å². The summed E-state index contributed by atoms with van der Waals surface area (Å²) in [6.07, 6.45) is 2.67. The highest BCUT2D eigenvalue weighted by molar-refractivity contribution is 5.91. The first-order valence-corrected chi connectivity index (χ1v) is 14.6. The SMILES string of the molecule is Cc1cccc(OCCCN2CCN(c3ccccc3)CC2)c1NC(=O)NCc1ccc(OCc2ccccn2)cc1. The second-order valence-corrected chi connectivity index (χ2v) is 10.4. The molecule has 1 aromatic heterocycles. The van der Waals surface area contributed by atoms with Crippen molar-refractivity contribution in [2.45, 2.75) is 26.5 Å². The number of pyridine rings is 1. The van der Waals surface area contributed by atoms with Crippen LogP contribution in [0, 0.1) is 6.92 Å². The third kappa shape index (κ3) is 8.47. The molecule has 8 heteroatoms. The van der Waals surface area contributed by atoms with Gasteiger partial charge in [-0.1, -0.05) is 48.5 Å². The monoisotopic (exact) mass is 565 g/mol. The summed E-state index contributed by atoms with van der Waals surface area (Å²) in [5.41, 5.74) is 4.79. The van der Waals surface area contributed by atoms with Gasteiger partial charge >= 0.3 is 6.03 Å². The predicted molar refractivity (Wildman–Crippen MR) is 167 cm³/mol. The van der Waals surface area contributed by atoms with Crippen LogP contribution in [-0.4, -0.2) is 55.2 Å². The number of aromatic nitrogens is 1. The molecule has 0 saturated carbocycles. The fourth-order valence-corrected chi connectivity index (χ4v) is 4.94. The van der Waals surface area contributed by atoms with Gasteiger partial charge in [-0.25, -0.2) is 4.79 Å². The van der Waals surface area contributed by atoms with Gasteiger partial charge in [0.1, 0.15) is 18.1 Å². The lowest BCUT2D eigenvalue weighted by Gasteiger charge is -2.36. The minimum atomic E-state index is -0.277. The number of ether oxygens (including phenoxy) is 2. The Kier molecular flexibility index (Phi) is 10.3. The Morgan fingerprint density at radius 3 is 2.40 bits per heavy atom. The summed E-state index contributed by atoms with van der Waals surface area (Å²) in [6.45, 7) is 8.53. The molecule has 1 saturated heterocycles. The molecule has 2 heterocycles. The van der Waals surface area contributed by atoms with E-state index in [0.29, 0.717) is 31.2 Å². The first-order valence-electron chi connectivity index (χ1n) is 14.6. The Morgan fingerprint density at radius 1 is 0.857 bits per heavy atom. The quantitative estimate of drug-likeness (QED) is 0.209. The van der Waals surface area contributed by atoms with E-state index >= 15 is 0 Å². The molecule has 42 heavy (non-hydrogen) atoms. The minimum Gasteiger partial charge on any atom is -0.491 e. The van der Waals surface area contributed by atoms with Gasteiger partial charge in [-0.2, -0.15) is 0 Å². The third-order valence-corrected chi connectivity index (χ3v) is 7.33. The Bertz CT molecular complexity index is 1390. The van der Waals surface area contributed by atoms with Crippen LogP contribution in [0.15, 0.2) is 97.2 Å². The number of carbonyl (C=O) groups is 1. The summed E-state index contributed by atoms with van der Waals surface area (Å²) in [6, 6.07) is 29.6. The normalized spacial score (nSPS) is 13.4. The van der Waals surface area contributed by atoms with E-state index in [2.05, 4.69) is 55.7 Å². The zero-order chi connectivity index (χ0) is 29.0. The fourth-order valence-electron chi connectivity index (χ4n) is 4.94. The fraction of sp³-hybridized carbons (Fsp3) is 0.294. The summed E-state index contributed by atoms with van der Waals surface area (Å²) >= 11 is 0. The lowest BCUT2D eigenvalue weighted by atomic mass is 10.2. The summed E-state index contributed by atoms with van der Waals surface area (Å²) in [7, 11) is 0. The average Bonchev–Trinajstić information content (AvgIpc) is 3.04. The molecule has 218 valence electrons. The van der Waals surface area contributed by atoms with Gasteiger partial charge in [0.15, 0.2) is 0 Å². The van der Waals surface area contributed by atoms with Gasteiger partial charge in [0.2, 0.25) is 0 Å². The van der Waals surface area contributed by atoms with E-state index in [1.807, 2.05) is 67.6 Å². The molecule has 0 bridgehead atoms. The molecule has 1 fully saturated rings. The minimum absolute atomic E-state index is 0.277. The van der Waals surface area contributed by atoms with Gasteiger partial charge in [-0.15, -0.1) is 0 Å². The maximum atomic E-state index is 12.8. The van der Waals surface area contributed by atoms with Gasteiger partial charge < -0.3 is 25.0 Å². The van der Waals surface area contributed by atoms with Gasteiger partial charge in [-0.05, 0) is 66.9 Å². The van der Waals surface area contributed by atoms with Crippen molar-refractivity contribution in [3.8, 4) is 11.5 Å². The second-order valence-electron chi connectivity index (χ2n) is 10.4. The van der Waals surface area contributed by atoms with Gasteiger partial charge in [-0.3, -0.25) is 9.88 Å². The number of piperazine rings is 1. The van der Waals surface area contributed by atoms with E-state index in [1.54, 1.807) is 6.20 Å². The molecular formula is C34H39N5O3. The molecule has 2 N–H and O–H groups in total. The van der Waals surface area contributed by atoms with Crippen LogP contribution in [0.3, 0.4) is 0 Å². The Hall–Kier alpha value is -4.56. The molecule has 0 atom stereocenters. The van der Waals surface area contributed by atoms with Crippen LogP contribution >= 0.6 is 0 Å². The third-order valence-electron chi connectivity index (χ3n) is 7.33. The molecule has 5 rings (SSSR count). The largest absolute Gasteiger partial charge is 0.491 e. The highest BCUT2D eigenvalue weighted by atomic mass is 16.5. The number of nitrogens with zero attached hydrogens (tertiary/aromatic N) is 3. The van der Waals surface area contributed by atoms with E-state index in [1.165, 1.54) is 5.69 Å². The van der Waals surface area contributed by atoms with Gasteiger partial charge in [0.25, 0.3) is 0 Å². The summed E-state index contributed by atoms with van der Waals surface area (Å²) in [4.78, 5) is 22.0. The number of anilines is 2. The van der Waals surface area contributed by atoms with Crippen molar-refractivity contribution in [3.05, 3.63) is 114 Å². The van der Waals surface area contributed by atoms with E-state index < -0.39 is 0 Å². The van der Waals surface area contributed by atoms with Crippen LogP contribution in [0.2, 0.25) is 0 Å². The molecule has 0 spiro atoms. The number of para-hydroxylation sites is 2. The molecule has 4 aromatic rings. The molecule has 8 nitrogen and oxygen atoms in total. The number of aryl methyl sites for hydroxylation is 1. The Morgan fingerprint density at radius 2 is 1.64 bits per heavy atom. The standard InChI is InChI=1S/C34H39N5O3/c1-27-9-7-13-32(41-24-8-19-38-20-22-39(23-21-38)30-11-3-2-4-12-30)33(27)37-34(40)36-25-28-14-16-31(17-15-28)42-26-29-10-5-6-18-35-29/h2-7,9-18H,8,19-26H2,1H3,(H2,36,37,40).